The van der Waals surface area contributed by atoms with Gasteiger partial charge in [-0.05, 0) is 13.8 Å². The van der Waals surface area contributed by atoms with Crippen LogP contribution in [0.2, 0.25) is 0 Å². The molecule has 0 spiro atoms. The molecule has 0 aliphatic carbocycles. The molecule has 0 amide bonds. The molecule has 0 bridgehead atoms. The normalized spacial score (nSPS) is 29.2. The highest BCUT2D eigenvalue weighted by molar-refractivity contribution is 7.13. The summed E-state index contributed by atoms with van der Waals surface area (Å²) in [7, 11) is 0. The molecule has 1 aliphatic heterocycles. The fourth-order valence-corrected chi connectivity index (χ4v) is 2.37. The molecule has 0 unspecified atom stereocenters. The molecule has 0 aromatic carbocycles. The predicted molar refractivity (Wildman–Crippen MR) is 54.2 cm³/mol. The summed E-state index contributed by atoms with van der Waals surface area (Å²) in [6.45, 7) is 6.45. The molecule has 1 saturated heterocycles. The van der Waals surface area contributed by atoms with Gasteiger partial charge in [0.25, 0.3) is 0 Å². The van der Waals surface area contributed by atoms with Crippen LogP contribution in [-0.4, -0.2) is 35.4 Å². The maximum Gasteiger partial charge on any atom is 0.208 e. The number of rotatable bonds is 1. The van der Waals surface area contributed by atoms with Gasteiger partial charge in [0.15, 0.2) is 0 Å². The smallest absolute Gasteiger partial charge is 0.208 e. The molecule has 1 aliphatic rings. The van der Waals surface area contributed by atoms with Crippen molar-refractivity contribution in [3.8, 4) is 0 Å². The summed E-state index contributed by atoms with van der Waals surface area (Å²) in [5.41, 5.74) is 1.78. The molecular formula is C8H14N4S. The summed E-state index contributed by atoms with van der Waals surface area (Å²) in [4.78, 5) is 2.30. The lowest BCUT2D eigenvalue weighted by molar-refractivity contribution is 0.406. The first-order valence-electron chi connectivity index (χ1n) is 4.53. The van der Waals surface area contributed by atoms with Gasteiger partial charge in [-0.2, -0.15) is 0 Å². The minimum absolute atomic E-state index is 0.535. The molecule has 1 fully saturated rings. The summed E-state index contributed by atoms with van der Waals surface area (Å²) in [5, 5.41) is 12.5. The lowest BCUT2D eigenvalue weighted by Gasteiger charge is -2.35. The van der Waals surface area contributed by atoms with E-state index in [0.717, 1.165) is 18.2 Å². The van der Waals surface area contributed by atoms with E-state index < -0.39 is 0 Å². The van der Waals surface area contributed by atoms with Gasteiger partial charge in [0, 0.05) is 25.2 Å². The van der Waals surface area contributed by atoms with Crippen molar-refractivity contribution in [2.24, 2.45) is 0 Å². The van der Waals surface area contributed by atoms with Crippen molar-refractivity contribution < 1.29 is 0 Å². The van der Waals surface area contributed by atoms with Crippen LogP contribution in [0.4, 0.5) is 5.13 Å². The van der Waals surface area contributed by atoms with Crippen LogP contribution in [0.1, 0.15) is 13.8 Å². The molecule has 0 saturated carbocycles. The Morgan fingerprint density at radius 3 is 2.69 bits per heavy atom. The fraction of sp³-hybridized carbons (Fsp3) is 0.750. The summed E-state index contributed by atoms with van der Waals surface area (Å²) in [5.74, 6) is 0. The molecule has 2 rings (SSSR count). The lowest BCUT2D eigenvalue weighted by Crippen LogP contribution is -2.54. The van der Waals surface area contributed by atoms with Crippen molar-refractivity contribution in [1.29, 1.82) is 0 Å². The number of nitrogens with one attached hydrogen (secondary N) is 1. The first kappa shape index (κ1) is 8.90. The highest BCUT2D eigenvalue weighted by Crippen LogP contribution is 2.18. The first-order valence-corrected chi connectivity index (χ1v) is 5.41. The van der Waals surface area contributed by atoms with E-state index in [1.807, 2.05) is 0 Å². The van der Waals surface area contributed by atoms with Gasteiger partial charge < -0.3 is 10.2 Å². The number of nitrogens with zero attached hydrogens (tertiary/aromatic N) is 3. The number of piperazine rings is 1. The van der Waals surface area contributed by atoms with E-state index in [1.54, 1.807) is 16.8 Å². The van der Waals surface area contributed by atoms with E-state index in [9.17, 15) is 0 Å². The monoisotopic (exact) mass is 198 g/mol. The van der Waals surface area contributed by atoms with Gasteiger partial charge in [0.1, 0.15) is 5.51 Å². The number of aromatic nitrogens is 2. The Morgan fingerprint density at radius 1 is 1.46 bits per heavy atom. The standard InChI is InChI=1S/C8H14N4S/c1-6-3-12(4-7(2)10-6)8-11-9-5-13-8/h5-7,10H,3-4H2,1-2H3/t6-,7+. The third kappa shape index (κ3) is 1.97. The topological polar surface area (TPSA) is 41.1 Å². The molecule has 2 heterocycles. The molecule has 0 radical (unpaired) electrons. The van der Waals surface area contributed by atoms with E-state index in [0.29, 0.717) is 12.1 Å². The van der Waals surface area contributed by atoms with Crippen molar-refractivity contribution >= 4 is 16.5 Å². The van der Waals surface area contributed by atoms with Crippen molar-refractivity contribution in [1.82, 2.24) is 15.5 Å². The zero-order valence-electron chi connectivity index (χ0n) is 7.90. The minimum Gasteiger partial charge on any atom is -0.344 e. The second kappa shape index (κ2) is 3.59. The average molecular weight is 198 g/mol. The minimum atomic E-state index is 0.535. The maximum absolute atomic E-state index is 4.08. The van der Waals surface area contributed by atoms with Gasteiger partial charge in [0.2, 0.25) is 5.13 Å². The third-order valence-corrected chi connectivity index (χ3v) is 2.93. The molecule has 1 aromatic rings. The average Bonchev–Trinajstić information content (AvgIpc) is 2.53. The summed E-state index contributed by atoms with van der Waals surface area (Å²) >= 11 is 1.61. The van der Waals surface area contributed by atoms with Crippen molar-refractivity contribution in [2.45, 2.75) is 25.9 Å². The van der Waals surface area contributed by atoms with Gasteiger partial charge in [-0.15, -0.1) is 10.2 Å². The van der Waals surface area contributed by atoms with Crippen molar-refractivity contribution in [3.63, 3.8) is 0 Å². The second-order valence-corrected chi connectivity index (χ2v) is 4.41. The van der Waals surface area contributed by atoms with E-state index in [-0.39, 0.29) is 0 Å². The first-order chi connectivity index (χ1) is 6.25. The van der Waals surface area contributed by atoms with E-state index in [1.165, 1.54) is 0 Å². The molecule has 1 aromatic heterocycles. The van der Waals surface area contributed by atoms with Crippen LogP contribution in [-0.2, 0) is 0 Å². The Hall–Kier alpha value is -0.680. The third-order valence-electron chi connectivity index (χ3n) is 2.18. The Kier molecular flexibility index (Phi) is 2.46. The Morgan fingerprint density at radius 2 is 2.15 bits per heavy atom. The van der Waals surface area contributed by atoms with Crippen LogP contribution in [0.15, 0.2) is 5.51 Å². The number of anilines is 1. The van der Waals surface area contributed by atoms with Crippen LogP contribution >= 0.6 is 11.3 Å². The molecular weight excluding hydrogens is 184 g/mol. The largest absolute Gasteiger partial charge is 0.344 e. The van der Waals surface area contributed by atoms with Crippen LogP contribution in [0.3, 0.4) is 0 Å². The predicted octanol–water partition coefficient (Wildman–Crippen LogP) is 0.725. The van der Waals surface area contributed by atoms with Gasteiger partial charge >= 0.3 is 0 Å². The van der Waals surface area contributed by atoms with Gasteiger partial charge in [-0.3, -0.25) is 0 Å². The highest BCUT2D eigenvalue weighted by Gasteiger charge is 2.22. The summed E-state index contributed by atoms with van der Waals surface area (Å²) in [6.07, 6.45) is 0. The molecule has 13 heavy (non-hydrogen) atoms. The molecule has 72 valence electrons. The van der Waals surface area contributed by atoms with Crippen LogP contribution in [0.5, 0.6) is 0 Å². The van der Waals surface area contributed by atoms with E-state index in [4.69, 9.17) is 0 Å². The second-order valence-electron chi connectivity index (χ2n) is 3.60. The van der Waals surface area contributed by atoms with Crippen LogP contribution < -0.4 is 10.2 Å². The fourth-order valence-electron chi connectivity index (χ4n) is 1.79. The van der Waals surface area contributed by atoms with E-state index >= 15 is 0 Å². The van der Waals surface area contributed by atoms with E-state index in [2.05, 4.69) is 34.3 Å². The highest BCUT2D eigenvalue weighted by atomic mass is 32.1. The quantitative estimate of drug-likeness (QED) is 0.722. The van der Waals surface area contributed by atoms with Gasteiger partial charge in [-0.25, -0.2) is 0 Å². The SMILES string of the molecule is C[C@@H]1CN(c2nncs2)C[C@H](C)N1. The lowest BCUT2D eigenvalue weighted by atomic mass is 10.2. The molecule has 4 nitrogen and oxygen atoms in total. The van der Waals surface area contributed by atoms with Gasteiger partial charge in [0.05, 0.1) is 0 Å². The van der Waals surface area contributed by atoms with Crippen molar-refractivity contribution in [3.05, 3.63) is 5.51 Å². The van der Waals surface area contributed by atoms with Crippen LogP contribution in [0, 0.1) is 0 Å². The van der Waals surface area contributed by atoms with Gasteiger partial charge in [-0.1, -0.05) is 11.3 Å². The van der Waals surface area contributed by atoms with Crippen LogP contribution in [0.25, 0.3) is 0 Å². The summed E-state index contributed by atoms with van der Waals surface area (Å²) in [6, 6.07) is 1.07. The zero-order valence-corrected chi connectivity index (χ0v) is 8.71. The Balaban J connectivity index is 2.07. The molecule has 2 atom stereocenters. The Labute approximate surface area is 82.0 Å². The number of hydrogen-bond acceptors (Lipinski definition) is 5. The zero-order chi connectivity index (χ0) is 9.26. The molecule has 1 N–H and O–H groups in total. The number of hydrogen-bond donors (Lipinski definition) is 1. The Bertz CT molecular complexity index is 251. The van der Waals surface area contributed by atoms with Crippen molar-refractivity contribution in [2.75, 3.05) is 18.0 Å². The molecule has 5 heteroatoms. The summed E-state index contributed by atoms with van der Waals surface area (Å²) < 4.78 is 0. The maximum atomic E-state index is 4.08.